The van der Waals surface area contributed by atoms with Gasteiger partial charge in [-0.3, -0.25) is 0 Å². The van der Waals surface area contributed by atoms with Gasteiger partial charge in [0.1, 0.15) is 0 Å². The Balaban J connectivity index is 1.65. The maximum Gasteiger partial charge on any atom is 0.0809 e. The molecule has 0 aromatic heterocycles. The maximum absolute atomic E-state index is 5.93. The highest BCUT2D eigenvalue weighted by molar-refractivity contribution is 4.77. The summed E-state index contributed by atoms with van der Waals surface area (Å²) >= 11 is 0. The molecule has 1 saturated carbocycles. The summed E-state index contributed by atoms with van der Waals surface area (Å²) in [4.78, 5) is 0. The second kappa shape index (κ2) is 5.83. The zero-order chi connectivity index (χ0) is 10.5. The topological polar surface area (TPSA) is 30.5 Å². The Morgan fingerprint density at radius 2 is 2.20 bits per heavy atom. The van der Waals surface area contributed by atoms with E-state index in [0.717, 1.165) is 13.2 Å². The smallest absolute Gasteiger partial charge is 0.0809 e. The van der Waals surface area contributed by atoms with E-state index >= 15 is 0 Å². The molecule has 0 amide bonds. The van der Waals surface area contributed by atoms with Gasteiger partial charge in [0.05, 0.1) is 18.8 Å². The highest BCUT2D eigenvalue weighted by Gasteiger charge is 2.23. The van der Waals surface area contributed by atoms with E-state index in [-0.39, 0.29) is 0 Å². The second-order valence-corrected chi connectivity index (χ2v) is 4.74. The van der Waals surface area contributed by atoms with Gasteiger partial charge in [-0.05, 0) is 45.6 Å². The van der Waals surface area contributed by atoms with Gasteiger partial charge in [-0.25, -0.2) is 0 Å². The molecule has 3 atom stereocenters. The molecule has 1 heterocycles. The van der Waals surface area contributed by atoms with Gasteiger partial charge < -0.3 is 14.8 Å². The van der Waals surface area contributed by atoms with Crippen molar-refractivity contribution in [1.82, 2.24) is 5.32 Å². The van der Waals surface area contributed by atoms with Crippen molar-refractivity contribution in [1.29, 1.82) is 0 Å². The van der Waals surface area contributed by atoms with Crippen molar-refractivity contribution in [2.45, 2.75) is 56.8 Å². The Hall–Kier alpha value is -0.120. The quantitative estimate of drug-likeness (QED) is 0.771. The number of rotatable bonds is 4. The minimum Gasteiger partial charge on any atom is -0.376 e. The van der Waals surface area contributed by atoms with Crippen LogP contribution in [0.2, 0.25) is 0 Å². The number of nitrogens with one attached hydrogen (secondary N) is 1. The van der Waals surface area contributed by atoms with Crippen molar-refractivity contribution in [3.63, 3.8) is 0 Å². The standard InChI is InChI=1S/C12H23NO2/c1-13-10-4-2-5-11(8-10)15-9-12-6-3-7-14-12/h10-13H,2-9H2,1H3. The van der Waals surface area contributed by atoms with Crippen molar-refractivity contribution in [2.75, 3.05) is 20.3 Å². The first kappa shape index (κ1) is 11.4. The monoisotopic (exact) mass is 213 g/mol. The Labute approximate surface area is 92.5 Å². The van der Waals surface area contributed by atoms with Crippen molar-refractivity contribution < 1.29 is 9.47 Å². The third-order valence-electron chi connectivity index (χ3n) is 3.58. The second-order valence-electron chi connectivity index (χ2n) is 4.74. The molecule has 0 radical (unpaired) electrons. The molecule has 2 rings (SSSR count). The predicted molar refractivity (Wildman–Crippen MR) is 60.0 cm³/mol. The summed E-state index contributed by atoms with van der Waals surface area (Å²) in [6.45, 7) is 1.74. The Bertz CT molecular complexity index is 180. The van der Waals surface area contributed by atoms with Gasteiger partial charge in [-0.1, -0.05) is 0 Å². The van der Waals surface area contributed by atoms with Gasteiger partial charge >= 0.3 is 0 Å². The van der Waals surface area contributed by atoms with E-state index in [1.165, 1.54) is 38.5 Å². The van der Waals surface area contributed by atoms with Gasteiger partial charge in [0.2, 0.25) is 0 Å². The van der Waals surface area contributed by atoms with Crippen LogP contribution < -0.4 is 5.32 Å². The van der Waals surface area contributed by atoms with Crippen molar-refractivity contribution in [3.05, 3.63) is 0 Å². The molecular weight excluding hydrogens is 190 g/mol. The zero-order valence-corrected chi connectivity index (χ0v) is 9.71. The van der Waals surface area contributed by atoms with Gasteiger partial charge in [0.25, 0.3) is 0 Å². The first-order valence-corrected chi connectivity index (χ1v) is 6.29. The predicted octanol–water partition coefficient (Wildman–Crippen LogP) is 1.71. The van der Waals surface area contributed by atoms with Crippen LogP contribution in [0, 0.1) is 0 Å². The zero-order valence-electron chi connectivity index (χ0n) is 9.71. The van der Waals surface area contributed by atoms with E-state index in [4.69, 9.17) is 9.47 Å². The summed E-state index contributed by atoms with van der Waals surface area (Å²) in [5.74, 6) is 0. The first-order chi connectivity index (χ1) is 7.38. The average molecular weight is 213 g/mol. The van der Waals surface area contributed by atoms with Gasteiger partial charge in [0, 0.05) is 12.6 Å². The molecule has 0 spiro atoms. The lowest BCUT2D eigenvalue weighted by molar-refractivity contribution is -0.0363. The molecule has 3 nitrogen and oxygen atoms in total. The number of ether oxygens (including phenoxy) is 2. The Kier molecular flexibility index (Phi) is 4.42. The summed E-state index contributed by atoms with van der Waals surface area (Å²) in [5, 5.41) is 3.35. The molecule has 3 heteroatoms. The SMILES string of the molecule is CNC1CCCC(OCC2CCCO2)C1. The first-order valence-electron chi connectivity index (χ1n) is 6.29. The van der Waals surface area contributed by atoms with Crippen molar-refractivity contribution >= 4 is 0 Å². The highest BCUT2D eigenvalue weighted by Crippen LogP contribution is 2.22. The largest absolute Gasteiger partial charge is 0.376 e. The highest BCUT2D eigenvalue weighted by atomic mass is 16.5. The molecule has 0 aromatic carbocycles. The van der Waals surface area contributed by atoms with Crippen LogP contribution in [0.25, 0.3) is 0 Å². The molecule has 1 aliphatic carbocycles. The van der Waals surface area contributed by atoms with E-state index in [9.17, 15) is 0 Å². The summed E-state index contributed by atoms with van der Waals surface area (Å²) in [5.41, 5.74) is 0. The van der Waals surface area contributed by atoms with Crippen LogP contribution in [0.5, 0.6) is 0 Å². The summed E-state index contributed by atoms with van der Waals surface area (Å²) in [6.07, 6.45) is 8.21. The molecule has 0 aromatic rings. The van der Waals surface area contributed by atoms with E-state index in [1.54, 1.807) is 0 Å². The van der Waals surface area contributed by atoms with Gasteiger partial charge in [-0.15, -0.1) is 0 Å². The summed E-state index contributed by atoms with van der Waals surface area (Å²) < 4.78 is 11.5. The minimum atomic E-state index is 0.375. The van der Waals surface area contributed by atoms with E-state index in [2.05, 4.69) is 5.32 Å². The normalized spacial score (nSPS) is 37.0. The molecule has 2 fully saturated rings. The van der Waals surface area contributed by atoms with Crippen LogP contribution >= 0.6 is 0 Å². The van der Waals surface area contributed by atoms with E-state index in [1.807, 2.05) is 7.05 Å². The van der Waals surface area contributed by atoms with Gasteiger partial charge in [0.15, 0.2) is 0 Å². The molecule has 1 N–H and O–H groups in total. The molecule has 1 saturated heterocycles. The lowest BCUT2D eigenvalue weighted by Crippen LogP contribution is -2.35. The number of hydrogen-bond donors (Lipinski definition) is 1. The molecule has 1 aliphatic heterocycles. The van der Waals surface area contributed by atoms with Crippen LogP contribution in [-0.4, -0.2) is 38.5 Å². The van der Waals surface area contributed by atoms with Crippen LogP contribution in [0.1, 0.15) is 38.5 Å². The van der Waals surface area contributed by atoms with Gasteiger partial charge in [-0.2, -0.15) is 0 Å². The van der Waals surface area contributed by atoms with Crippen LogP contribution in [0.3, 0.4) is 0 Å². The fourth-order valence-corrected chi connectivity index (χ4v) is 2.58. The van der Waals surface area contributed by atoms with Crippen molar-refractivity contribution in [2.24, 2.45) is 0 Å². The molecule has 88 valence electrons. The maximum atomic E-state index is 5.93. The molecule has 15 heavy (non-hydrogen) atoms. The summed E-state index contributed by atoms with van der Waals surface area (Å²) in [6, 6.07) is 0.660. The third kappa shape index (κ3) is 3.44. The van der Waals surface area contributed by atoms with E-state index < -0.39 is 0 Å². The minimum absolute atomic E-state index is 0.375. The third-order valence-corrected chi connectivity index (χ3v) is 3.58. The molecule has 3 unspecified atom stereocenters. The number of hydrogen-bond acceptors (Lipinski definition) is 3. The lowest BCUT2D eigenvalue weighted by Gasteiger charge is -2.29. The van der Waals surface area contributed by atoms with E-state index in [0.29, 0.717) is 18.2 Å². The molecular formula is C12H23NO2. The van der Waals surface area contributed by atoms with Crippen molar-refractivity contribution in [3.8, 4) is 0 Å². The average Bonchev–Trinajstić information content (AvgIpc) is 2.79. The summed E-state index contributed by atoms with van der Waals surface area (Å²) in [7, 11) is 2.05. The Morgan fingerprint density at radius 1 is 1.27 bits per heavy atom. The molecule has 0 bridgehead atoms. The van der Waals surface area contributed by atoms with Crippen LogP contribution in [-0.2, 0) is 9.47 Å². The fourth-order valence-electron chi connectivity index (χ4n) is 2.58. The molecule has 2 aliphatic rings. The Morgan fingerprint density at radius 3 is 2.93 bits per heavy atom. The van der Waals surface area contributed by atoms with Crippen LogP contribution in [0.4, 0.5) is 0 Å². The van der Waals surface area contributed by atoms with Crippen LogP contribution in [0.15, 0.2) is 0 Å². The fraction of sp³-hybridized carbons (Fsp3) is 1.00. The lowest BCUT2D eigenvalue weighted by atomic mass is 9.93.